The van der Waals surface area contributed by atoms with Gasteiger partial charge in [0, 0.05) is 24.6 Å². The predicted molar refractivity (Wildman–Crippen MR) is 120 cm³/mol. The number of carbonyl (C=O) groups is 1. The van der Waals surface area contributed by atoms with Gasteiger partial charge in [-0.2, -0.15) is 0 Å². The zero-order valence-electron chi connectivity index (χ0n) is 17.7. The van der Waals surface area contributed by atoms with Gasteiger partial charge in [0.25, 0.3) is 0 Å². The first-order valence-corrected chi connectivity index (χ1v) is 11.6. The Morgan fingerprint density at radius 2 is 1.72 bits per heavy atom. The summed E-state index contributed by atoms with van der Waals surface area (Å²) in [5.41, 5.74) is 3.28. The minimum atomic E-state index is -3.80. The molecular weight excluding hydrogens is 431 g/mol. The molecule has 6 nitrogen and oxygen atoms in total. The van der Waals surface area contributed by atoms with Gasteiger partial charge < -0.3 is 9.64 Å². The summed E-state index contributed by atoms with van der Waals surface area (Å²) in [5.74, 6) is -0.0317. The van der Waals surface area contributed by atoms with Crippen LogP contribution in [0.25, 0.3) is 0 Å². The van der Waals surface area contributed by atoms with E-state index in [1.165, 1.54) is 18.2 Å². The van der Waals surface area contributed by atoms with Crippen LogP contribution < -0.4 is 14.8 Å². The van der Waals surface area contributed by atoms with Crippen molar-refractivity contribution in [3.8, 4) is 11.5 Å². The van der Waals surface area contributed by atoms with E-state index >= 15 is 0 Å². The van der Waals surface area contributed by atoms with E-state index in [0.29, 0.717) is 18.0 Å². The number of hydrogen-bond donors (Lipinski definition) is 1. The molecule has 0 radical (unpaired) electrons. The second-order valence-corrected chi connectivity index (χ2v) is 9.57. The fraction of sp³-hybridized carbons (Fsp3) is 0.208. The Hall–Kier alpha value is -3.23. The van der Waals surface area contributed by atoms with E-state index in [0.717, 1.165) is 16.7 Å². The highest BCUT2D eigenvalue weighted by Crippen LogP contribution is 2.36. The first kappa shape index (κ1) is 22.0. The van der Waals surface area contributed by atoms with Crippen molar-refractivity contribution >= 4 is 21.6 Å². The number of benzene rings is 3. The van der Waals surface area contributed by atoms with Gasteiger partial charge in [-0.15, -0.1) is 0 Å². The molecule has 0 saturated carbocycles. The van der Waals surface area contributed by atoms with Crippen molar-refractivity contribution in [2.24, 2.45) is 5.14 Å². The lowest BCUT2D eigenvalue weighted by molar-refractivity contribution is -0.117. The molecule has 0 aromatic heterocycles. The summed E-state index contributed by atoms with van der Waals surface area (Å²) in [6, 6.07) is 16.2. The molecule has 2 N–H and O–H groups in total. The number of anilines is 1. The molecule has 1 heterocycles. The molecule has 4 rings (SSSR count). The van der Waals surface area contributed by atoms with Crippen LogP contribution >= 0.6 is 0 Å². The number of aryl methyl sites for hydroxylation is 2. The molecule has 1 atom stereocenters. The minimum absolute atomic E-state index is 0.0174. The van der Waals surface area contributed by atoms with E-state index in [1.807, 2.05) is 32.0 Å². The van der Waals surface area contributed by atoms with Crippen LogP contribution in [0.2, 0.25) is 0 Å². The van der Waals surface area contributed by atoms with E-state index in [2.05, 4.69) is 0 Å². The van der Waals surface area contributed by atoms with Crippen molar-refractivity contribution in [1.29, 1.82) is 0 Å². The average Bonchev–Trinajstić information content (AvgIpc) is 3.13. The van der Waals surface area contributed by atoms with Gasteiger partial charge in [-0.1, -0.05) is 18.2 Å². The van der Waals surface area contributed by atoms with Crippen LogP contribution in [0.5, 0.6) is 11.5 Å². The van der Waals surface area contributed by atoms with Gasteiger partial charge >= 0.3 is 0 Å². The highest BCUT2D eigenvalue weighted by molar-refractivity contribution is 7.89. The van der Waals surface area contributed by atoms with Gasteiger partial charge in [0.15, 0.2) is 11.6 Å². The zero-order chi connectivity index (χ0) is 23.0. The SMILES string of the molecule is Cc1ccc(C)c(Oc2cc([C@H]3CC(=O)N(c4ccc(S(N)(=O)=O)cc4)C3)ccc2F)c1. The molecule has 32 heavy (non-hydrogen) atoms. The number of rotatable bonds is 5. The van der Waals surface area contributed by atoms with Crippen molar-refractivity contribution < 1.29 is 22.3 Å². The van der Waals surface area contributed by atoms with Crippen molar-refractivity contribution in [2.75, 3.05) is 11.4 Å². The molecule has 1 saturated heterocycles. The van der Waals surface area contributed by atoms with Crippen LogP contribution in [0.1, 0.15) is 29.0 Å². The maximum atomic E-state index is 14.5. The lowest BCUT2D eigenvalue weighted by Gasteiger charge is -2.18. The lowest BCUT2D eigenvalue weighted by atomic mass is 9.98. The van der Waals surface area contributed by atoms with Crippen LogP contribution in [0.15, 0.2) is 65.6 Å². The summed E-state index contributed by atoms with van der Waals surface area (Å²) in [4.78, 5) is 14.2. The third kappa shape index (κ3) is 4.51. The van der Waals surface area contributed by atoms with Gasteiger partial charge in [-0.05, 0) is 73.0 Å². The predicted octanol–water partition coefficient (Wildman–Crippen LogP) is 4.40. The van der Waals surface area contributed by atoms with Crippen LogP contribution in [-0.2, 0) is 14.8 Å². The Bertz CT molecular complexity index is 1290. The van der Waals surface area contributed by atoms with Gasteiger partial charge in [-0.25, -0.2) is 17.9 Å². The standard InChI is InChI=1S/C24H23FN2O4S/c1-15-3-4-16(2)22(11-15)31-23-12-17(5-10-21(23)25)18-13-24(28)27(14-18)19-6-8-20(9-7-19)32(26,29)30/h3-12,18H,13-14H2,1-2H3,(H2,26,29,30)/t18-/m0/s1. The van der Waals surface area contributed by atoms with Crippen LogP contribution in [0.3, 0.4) is 0 Å². The van der Waals surface area contributed by atoms with Crippen molar-refractivity contribution in [3.05, 3.63) is 83.2 Å². The van der Waals surface area contributed by atoms with E-state index in [9.17, 15) is 17.6 Å². The van der Waals surface area contributed by atoms with Crippen molar-refractivity contribution in [2.45, 2.75) is 31.1 Å². The molecule has 3 aromatic rings. The second-order valence-electron chi connectivity index (χ2n) is 8.01. The average molecular weight is 455 g/mol. The molecule has 166 valence electrons. The summed E-state index contributed by atoms with van der Waals surface area (Å²) in [5, 5.41) is 5.13. The summed E-state index contributed by atoms with van der Waals surface area (Å²) in [6.45, 7) is 4.22. The van der Waals surface area contributed by atoms with Gasteiger partial charge in [0.2, 0.25) is 15.9 Å². The number of nitrogens with two attached hydrogens (primary N) is 1. The number of sulfonamides is 1. The Morgan fingerprint density at radius 1 is 1.00 bits per heavy atom. The third-order valence-electron chi connectivity index (χ3n) is 5.59. The molecule has 0 unspecified atom stereocenters. The molecule has 1 fully saturated rings. The molecule has 0 spiro atoms. The zero-order valence-corrected chi connectivity index (χ0v) is 18.5. The number of primary sulfonamides is 1. The Labute approximate surface area is 186 Å². The molecule has 0 bridgehead atoms. The van der Waals surface area contributed by atoms with Gasteiger partial charge in [0.1, 0.15) is 5.75 Å². The van der Waals surface area contributed by atoms with Gasteiger partial charge in [0.05, 0.1) is 4.90 Å². The van der Waals surface area contributed by atoms with Crippen LogP contribution in [-0.4, -0.2) is 20.9 Å². The highest BCUT2D eigenvalue weighted by atomic mass is 32.2. The van der Waals surface area contributed by atoms with Crippen molar-refractivity contribution in [1.82, 2.24) is 0 Å². The first-order valence-electron chi connectivity index (χ1n) is 10.1. The molecular formula is C24H23FN2O4S. The third-order valence-corrected chi connectivity index (χ3v) is 6.52. The summed E-state index contributed by atoms with van der Waals surface area (Å²) in [6.07, 6.45) is 0.255. The fourth-order valence-electron chi connectivity index (χ4n) is 3.78. The van der Waals surface area contributed by atoms with Crippen molar-refractivity contribution in [3.63, 3.8) is 0 Å². The second kappa shape index (κ2) is 8.37. The Balaban J connectivity index is 1.56. The number of halogens is 1. The quantitative estimate of drug-likeness (QED) is 0.619. The number of hydrogen-bond acceptors (Lipinski definition) is 4. The first-order chi connectivity index (χ1) is 15.1. The summed E-state index contributed by atoms with van der Waals surface area (Å²) >= 11 is 0. The molecule has 1 aliphatic rings. The van der Waals surface area contributed by atoms with Crippen LogP contribution in [0, 0.1) is 19.7 Å². The minimum Gasteiger partial charge on any atom is -0.454 e. The summed E-state index contributed by atoms with van der Waals surface area (Å²) < 4.78 is 43.2. The molecule has 8 heteroatoms. The smallest absolute Gasteiger partial charge is 0.238 e. The molecule has 3 aromatic carbocycles. The summed E-state index contributed by atoms with van der Waals surface area (Å²) in [7, 11) is -3.80. The molecule has 0 aliphatic carbocycles. The Morgan fingerprint density at radius 3 is 2.41 bits per heavy atom. The monoisotopic (exact) mass is 454 g/mol. The van der Waals surface area contributed by atoms with E-state index in [4.69, 9.17) is 9.88 Å². The maximum absolute atomic E-state index is 14.5. The van der Waals surface area contributed by atoms with E-state index < -0.39 is 15.8 Å². The normalized spacial score (nSPS) is 16.4. The largest absolute Gasteiger partial charge is 0.454 e. The molecule has 1 amide bonds. The maximum Gasteiger partial charge on any atom is 0.238 e. The topological polar surface area (TPSA) is 89.7 Å². The number of nitrogens with zero attached hydrogens (tertiary/aromatic N) is 1. The number of amides is 1. The van der Waals surface area contributed by atoms with E-state index in [-0.39, 0.29) is 28.9 Å². The van der Waals surface area contributed by atoms with E-state index in [1.54, 1.807) is 29.2 Å². The lowest BCUT2D eigenvalue weighted by Crippen LogP contribution is -2.24. The Kier molecular flexibility index (Phi) is 5.75. The van der Waals surface area contributed by atoms with Crippen LogP contribution in [0.4, 0.5) is 10.1 Å². The molecule has 1 aliphatic heterocycles. The highest BCUT2D eigenvalue weighted by Gasteiger charge is 2.32. The number of carbonyl (C=O) groups excluding carboxylic acids is 1. The van der Waals surface area contributed by atoms with Gasteiger partial charge in [-0.3, -0.25) is 4.79 Å². The number of ether oxygens (including phenoxy) is 1. The fourth-order valence-corrected chi connectivity index (χ4v) is 4.30.